The van der Waals surface area contributed by atoms with Gasteiger partial charge in [0, 0.05) is 19.0 Å². The normalized spacial score (nSPS) is 10.9. The van der Waals surface area contributed by atoms with Crippen LogP contribution in [0.1, 0.15) is 0 Å². The molecule has 0 saturated carbocycles. The molecule has 0 bridgehead atoms. The van der Waals surface area contributed by atoms with Crippen LogP contribution in [0.25, 0.3) is 10.1 Å². The molecule has 0 amide bonds. The Morgan fingerprint density at radius 2 is 2.08 bits per heavy atom. The summed E-state index contributed by atoms with van der Waals surface area (Å²) in [5.74, 6) is 0. The van der Waals surface area contributed by atoms with Crippen molar-refractivity contribution in [2.24, 2.45) is 0 Å². The van der Waals surface area contributed by atoms with Crippen LogP contribution >= 0.6 is 54.8 Å². The van der Waals surface area contributed by atoms with Gasteiger partial charge in [0.2, 0.25) is 0 Å². The van der Waals surface area contributed by atoms with E-state index in [2.05, 4.69) is 43.3 Å². The summed E-state index contributed by atoms with van der Waals surface area (Å²) in [4.78, 5) is 0. The molecule has 0 radical (unpaired) electrons. The molecule has 0 nitrogen and oxygen atoms in total. The zero-order valence-corrected chi connectivity index (χ0v) is 10.5. The van der Waals surface area contributed by atoms with E-state index in [0.717, 1.165) is 14.0 Å². The van der Waals surface area contributed by atoms with Crippen molar-refractivity contribution in [3.8, 4) is 0 Å². The van der Waals surface area contributed by atoms with Crippen LogP contribution in [0.3, 0.4) is 0 Å². The predicted molar refractivity (Wildman–Crippen MR) is 62.2 cm³/mol. The molecule has 0 unspecified atom stereocenters. The SMILES string of the molecule is Clc1c(Br)cc2sccc2c1Br. The van der Waals surface area contributed by atoms with Crippen LogP contribution in [0.15, 0.2) is 26.5 Å². The molecule has 0 aliphatic rings. The quantitative estimate of drug-likeness (QED) is 0.592. The number of rotatable bonds is 0. The molecule has 0 aliphatic carbocycles. The zero-order valence-electron chi connectivity index (χ0n) is 5.77. The monoisotopic (exact) mass is 324 g/mol. The van der Waals surface area contributed by atoms with Crippen molar-refractivity contribution in [1.82, 2.24) is 0 Å². The maximum absolute atomic E-state index is 6.02. The maximum Gasteiger partial charge on any atom is 0.0697 e. The van der Waals surface area contributed by atoms with E-state index in [1.54, 1.807) is 11.3 Å². The van der Waals surface area contributed by atoms with Crippen LogP contribution < -0.4 is 0 Å². The molecular weight excluding hydrogens is 323 g/mol. The molecule has 1 aromatic heterocycles. The van der Waals surface area contributed by atoms with E-state index in [4.69, 9.17) is 11.6 Å². The van der Waals surface area contributed by atoms with Gasteiger partial charge >= 0.3 is 0 Å². The fourth-order valence-electron chi connectivity index (χ4n) is 1.02. The van der Waals surface area contributed by atoms with Crippen LogP contribution in [0.2, 0.25) is 5.02 Å². The molecule has 0 atom stereocenters. The Morgan fingerprint density at radius 1 is 1.33 bits per heavy atom. The van der Waals surface area contributed by atoms with Gasteiger partial charge in [0.05, 0.1) is 5.02 Å². The zero-order chi connectivity index (χ0) is 8.72. The second kappa shape index (κ2) is 3.29. The third kappa shape index (κ3) is 1.33. The van der Waals surface area contributed by atoms with Gasteiger partial charge in [-0.25, -0.2) is 0 Å². The first kappa shape index (κ1) is 9.00. The van der Waals surface area contributed by atoms with Crippen LogP contribution in [0.5, 0.6) is 0 Å². The molecule has 62 valence electrons. The van der Waals surface area contributed by atoms with Crippen LogP contribution in [-0.4, -0.2) is 0 Å². The minimum Gasteiger partial charge on any atom is -0.144 e. The highest BCUT2D eigenvalue weighted by Gasteiger charge is 2.07. The Balaban J connectivity index is 2.94. The first-order valence-corrected chi connectivity index (χ1v) is 6.05. The number of hydrogen-bond donors (Lipinski definition) is 0. The molecule has 0 spiro atoms. The van der Waals surface area contributed by atoms with Gasteiger partial charge in [0.25, 0.3) is 0 Å². The Morgan fingerprint density at radius 3 is 2.83 bits per heavy atom. The molecule has 4 heteroatoms. The van der Waals surface area contributed by atoms with Gasteiger partial charge in [-0.15, -0.1) is 11.3 Å². The summed E-state index contributed by atoms with van der Waals surface area (Å²) in [7, 11) is 0. The maximum atomic E-state index is 6.02. The lowest BCUT2D eigenvalue weighted by Gasteiger charge is -2.00. The van der Waals surface area contributed by atoms with Gasteiger partial charge in [-0.2, -0.15) is 0 Å². The Kier molecular flexibility index (Phi) is 2.47. The van der Waals surface area contributed by atoms with E-state index in [-0.39, 0.29) is 0 Å². The molecule has 12 heavy (non-hydrogen) atoms. The Hall–Kier alpha value is 0.430. The van der Waals surface area contributed by atoms with E-state index in [1.807, 2.05) is 6.07 Å². The third-order valence-electron chi connectivity index (χ3n) is 1.59. The lowest BCUT2D eigenvalue weighted by atomic mass is 10.3. The number of hydrogen-bond acceptors (Lipinski definition) is 1. The fraction of sp³-hybridized carbons (Fsp3) is 0. The Bertz CT molecular complexity index is 436. The largest absolute Gasteiger partial charge is 0.144 e. The number of thiophene rings is 1. The van der Waals surface area contributed by atoms with Crippen molar-refractivity contribution in [2.75, 3.05) is 0 Å². The number of fused-ring (bicyclic) bond motifs is 1. The smallest absolute Gasteiger partial charge is 0.0697 e. The average molecular weight is 326 g/mol. The molecule has 2 aromatic rings. The van der Waals surface area contributed by atoms with Gasteiger partial charge < -0.3 is 0 Å². The van der Waals surface area contributed by atoms with E-state index in [0.29, 0.717) is 0 Å². The topological polar surface area (TPSA) is 0 Å². The fourth-order valence-corrected chi connectivity index (χ4v) is 3.54. The van der Waals surface area contributed by atoms with Crippen LogP contribution in [0.4, 0.5) is 0 Å². The molecule has 0 aliphatic heterocycles. The highest BCUT2D eigenvalue weighted by atomic mass is 79.9. The van der Waals surface area contributed by atoms with Crippen molar-refractivity contribution in [1.29, 1.82) is 0 Å². The van der Waals surface area contributed by atoms with Gasteiger partial charge in [0.15, 0.2) is 0 Å². The third-order valence-corrected chi connectivity index (χ3v) is 4.75. The van der Waals surface area contributed by atoms with Crippen LogP contribution in [0, 0.1) is 0 Å². The first-order valence-electron chi connectivity index (χ1n) is 3.21. The average Bonchev–Trinajstić information content (AvgIpc) is 2.48. The summed E-state index contributed by atoms with van der Waals surface area (Å²) in [6.07, 6.45) is 0. The van der Waals surface area contributed by atoms with E-state index in [1.165, 1.54) is 10.1 Å². The molecule has 0 N–H and O–H groups in total. The summed E-state index contributed by atoms with van der Waals surface area (Å²) in [5.41, 5.74) is 0. The van der Waals surface area contributed by atoms with Gasteiger partial charge in [-0.05, 0) is 49.4 Å². The molecule has 0 fully saturated rings. The van der Waals surface area contributed by atoms with Crippen molar-refractivity contribution in [3.63, 3.8) is 0 Å². The summed E-state index contributed by atoms with van der Waals surface area (Å²) < 4.78 is 3.14. The lowest BCUT2D eigenvalue weighted by Crippen LogP contribution is -1.72. The highest BCUT2D eigenvalue weighted by Crippen LogP contribution is 2.38. The molecule has 0 saturated heterocycles. The number of halogens is 3. The minimum absolute atomic E-state index is 0.737. The summed E-state index contributed by atoms with van der Waals surface area (Å²) >= 11 is 14.6. The van der Waals surface area contributed by atoms with Crippen molar-refractivity contribution < 1.29 is 0 Å². The highest BCUT2D eigenvalue weighted by molar-refractivity contribution is 9.11. The molecule has 1 heterocycles. The van der Waals surface area contributed by atoms with Crippen molar-refractivity contribution >= 4 is 64.9 Å². The Labute approximate surface area is 95.8 Å². The standard InChI is InChI=1S/C8H3Br2ClS/c9-5-3-6-4(1-2-12-6)7(10)8(5)11/h1-3H. The number of benzene rings is 1. The van der Waals surface area contributed by atoms with Crippen molar-refractivity contribution in [3.05, 3.63) is 31.5 Å². The van der Waals surface area contributed by atoms with Gasteiger partial charge in [-0.1, -0.05) is 11.6 Å². The molecule has 1 aromatic carbocycles. The van der Waals surface area contributed by atoms with Gasteiger partial charge in [-0.3, -0.25) is 0 Å². The second-order valence-corrected chi connectivity index (χ2v) is 5.29. The van der Waals surface area contributed by atoms with Gasteiger partial charge in [0.1, 0.15) is 0 Å². The van der Waals surface area contributed by atoms with Crippen molar-refractivity contribution in [2.45, 2.75) is 0 Å². The summed E-state index contributed by atoms with van der Waals surface area (Å²) in [6.45, 7) is 0. The first-order chi connectivity index (χ1) is 5.70. The second-order valence-electron chi connectivity index (χ2n) is 2.32. The van der Waals surface area contributed by atoms with Crippen LogP contribution in [-0.2, 0) is 0 Å². The van der Waals surface area contributed by atoms with E-state index < -0.39 is 0 Å². The lowest BCUT2D eigenvalue weighted by molar-refractivity contribution is 1.71. The summed E-state index contributed by atoms with van der Waals surface area (Å²) in [5, 5.41) is 3.96. The van der Waals surface area contributed by atoms with E-state index in [9.17, 15) is 0 Å². The summed E-state index contributed by atoms with van der Waals surface area (Å²) in [6, 6.07) is 4.09. The molecular formula is C8H3Br2ClS. The minimum atomic E-state index is 0.737. The van der Waals surface area contributed by atoms with E-state index >= 15 is 0 Å². The molecule has 2 rings (SSSR count). The predicted octanol–water partition coefficient (Wildman–Crippen LogP) is 5.08.